The van der Waals surface area contributed by atoms with Crippen LogP contribution in [0.25, 0.3) is 0 Å². The van der Waals surface area contributed by atoms with Gasteiger partial charge in [-0.1, -0.05) is 6.92 Å². The van der Waals surface area contributed by atoms with E-state index in [0.717, 1.165) is 44.1 Å². The van der Waals surface area contributed by atoms with Crippen LogP contribution in [0.3, 0.4) is 0 Å². The van der Waals surface area contributed by atoms with E-state index in [0.29, 0.717) is 5.92 Å². The summed E-state index contributed by atoms with van der Waals surface area (Å²) in [5.74, 6) is 1.91. The Morgan fingerprint density at radius 2 is 2.25 bits per heavy atom. The highest BCUT2D eigenvalue weighted by molar-refractivity contribution is 5.67. The minimum Gasteiger partial charge on any atom is -0.481 e. The summed E-state index contributed by atoms with van der Waals surface area (Å²) in [4.78, 5) is 13.2. The molecule has 0 aliphatic carbocycles. The van der Waals surface area contributed by atoms with Gasteiger partial charge in [0.05, 0.1) is 6.54 Å². The third-order valence-corrected chi connectivity index (χ3v) is 4.39. The Labute approximate surface area is 119 Å². The van der Waals surface area contributed by atoms with E-state index < -0.39 is 5.97 Å². The molecule has 0 spiro atoms. The van der Waals surface area contributed by atoms with E-state index in [1.54, 1.807) is 0 Å². The maximum absolute atomic E-state index is 10.8. The molecule has 0 aromatic carbocycles. The van der Waals surface area contributed by atoms with E-state index in [9.17, 15) is 4.79 Å². The lowest BCUT2D eigenvalue weighted by molar-refractivity contribution is -0.138. The molecule has 0 amide bonds. The van der Waals surface area contributed by atoms with Gasteiger partial charge < -0.3 is 9.67 Å². The molecule has 1 aromatic heterocycles. The third-order valence-electron chi connectivity index (χ3n) is 4.39. The number of hydrogen-bond acceptors (Lipinski definition) is 4. The molecular weight excluding hydrogens is 256 g/mol. The summed E-state index contributed by atoms with van der Waals surface area (Å²) < 4.78 is 2.02. The fraction of sp³-hybridized carbons (Fsp3) is 0.786. The molecule has 1 saturated heterocycles. The minimum atomic E-state index is -0.696. The maximum Gasteiger partial charge on any atom is 0.303 e. The number of nitrogens with zero attached hydrogens (tertiary/aromatic N) is 4. The summed E-state index contributed by atoms with van der Waals surface area (Å²) in [6, 6.07) is 0. The highest BCUT2D eigenvalue weighted by Crippen LogP contribution is 2.26. The monoisotopic (exact) mass is 280 g/mol. The number of hydrogen-bond donors (Lipinski definition) is 1. The van der Waals surface area contributed by atoms with Crippen molar-refractivity contribution in [3.63, 3.8) is 0 Å². The van der Waals surface area contributed by atoms with E-state index in [1.807, 2.05) is 18.5 Å². The number of rotatable bonds is 5. The number of likely N-dealkylation sites (tertiary alicyclic amines) is 1. The van der Waals surface area contributed by atoms with Crippen molar-refractivity contribution < 1.29 is 9.90 Å². The van der Waals surface area contributed by atoms with E-state index in [1.165, 1.54) is 0 Å². The summed E-state index contributed by atoms with van der Waals surface area (Å²) in [7, 11) is 1.99. The van der Waals surface area contributed by atoms with E-state index in [4.69, 9.17) is 5.11 Å². The molecule has 2 heterocycles. The van der Waals surface area contributed by atoms with Crippen LogP contribution in [-0.2, 0) is 18.4 Å². The lowest BCUT2D eigenvalue weighted by Gasteiger charge is -2.35. The van der Waals surface area contributed by atoms with Crippen LogP contribution in [-0.4, -0.2) is 43.8 Å². The van der Waals surface area contributed by atoms with Crippen LogP contribution in [0.5, 0.6) is 0 Å². The Morgan fingerprint density at radius 3 is 2.85 bits per heavy atom. The number of carboxylic acids is 1. The molecule has 20 heavy (non-hydrogen) atoms. The number of aryl methyl sites for hydroxylation is 1. The highest BCUT2D eigenvalue weighted by Gasteiger charge is 2.26. The molecule has 1 fully saturated rings. The Hall–Kier alpha value is -1.43. The molecule has 112 valence electrons. The largest absolute Gasteiger partial charge is 0.481 e. The molecule has 2 rings (SSSR count). The lowest BCUT2D eigenvalue weighted by atomic mass is 9.84. The van der Waals surface area contributed by atoms with Crippen molar-refractivity contribution in [2.24, 2.45) is 18.9 Å². The van der Waals surface area contributed by atoms with Gasteiger partial charge in [0.25, 0.3) is 0 Å². The molecule has 2 atom stereocenters. The molecule has 0 radical (unpaired) electrons. The molecule has 0 bridgehead atoms. The first-order valence-electron chi connectivity index (χ1n) is 7.26. The van der Waals surface area contributed by atoms with Crippen LogP contribution in [0.4, 0.5) is 0 Å². The van der Waals surface area contributed by atoms with Gasteiger partial charge in [-0.3, -0.25) is 9.69 Å². The molecule has 1 aliphatic rings. The van der Waals surface area contributed by atoms with Crippen molar-refractivity contribution in [3.8, 4) is 0 Å². The van der Waals surface area contributed by atoms with Crippen LogP contribution in [0, 0.1) is 18.8 Å². The van der Waals surface area contributed by atoms with Crippen molar-refractivity contribution >= 4 is 5.97 Å². The molecule has 1 N–H and O–H groups in total. The van der Waals surface area contributed by atoms with Crippen molar-refractivity contribution in [3.05, 3.63) is 11.6 Å². The third kappa shape index (κ3) is 3.56. The minimum absolute atomic E-state index is 0.233. The highest BCUT2D eigenvalue weighted by atomic mass is 16.4. The molecule has 6 nitrogen and oxygen atoms in total. The zero-order valence-electron chi connectivity index (χ0n) is 12.5. The van der Waals surface area contributed by atoms with Crippen LogP contribution in [0.1, 0.15) is 37.8 Å². The average molecular weight is 280 g/mol. The van der Waals surface area contributed by atoms with Crippen LogP contribution in [0.15, 0.2) is 0 Å². The summed E-state index contributed by atoms with van der Waals surface area (Å²) >= 11 is 0. The van der Waals surface area contributed by atoms with Crippen molar-refractivity contribution in [2.75, 3.05) is 13.1 Å². The maximum atomic E-state index is 10.8. The van der Waals surface area contributed by atoms with Gasteiger partial charge >= 0.3 is 5.97 Å². The fourth-order valence-electron chi connectivity index (χ4n) is 2.93. The molecule has 2 unspecified atom stereocenters. The Morgan fingerprint density at radius 1 is 1.50 bits per heavy atom. The number of aromatic nitrogens is 3. The second-order valence-corrected chi connectivity index (χ2v) is 5.94. The van der Waals surface area contributed by atoms with Gasteiger partial charge in [-0.25, -0.2) is 0 Å². The number of aliphatic carboxylic acids is 1. The Kier molecular flexibility index (Phi) is 4.75. The summed E-state index contributed by atoms with van der Waals surface area (Å²) in [6.45, 7) is 6.81. The van der Waals surface area contributed by atoms with Crippen molar-refractivity contribution in [2.45, 2.75) is 39.7 Å². The SMILES string of the molecule is Cc1nnc(CN2CCCC(C(C)CC(=O)O)C2)n1C. The molecule has 6 heteroatoms. The lowest BCUT2D eigenvalue weighted by Crippen LogP contribution is -2.38. The topological polar surface area (TPSA) is 71.2 Å². The first kappa shape index (κ1) is 15.0. The normalized spacial score (nSPS) is 21.9. The Bertz CT molecular complexity index is 472. The zero-order chi connectivity index (χ0) is 14.7. The van der Waals surface area contributed by atoms with E-state index in [2.05, 4.69) is 22.0 Å². The standard InChI is InChI=1S/C14H24N4O2/c1-10(7-14(19)20)12-5-4-6-18(8-12)9-13-16-15-11(2)17(13)3/h10,12H,4-9H2,1-3H3,(H,19,20). The molecule has 0 saturated carbocycles. The Balaban J connectivity index is 1.93. The van der Waals surface area contributed by atoms with E-state index in [-0.39, 0.29) is 12.3 Å². The molecular formula is C14H24N4O2. The first-order valence-corrected chi connectivity index (χ1v) is 7.26. The van der Waals surface area contributed by atoms with Gasteiger partial charge in [0.1, 0.15) is 11.6 Å². The number of piperidine rings is 1. The van der Waals surface area contributed by atoms with Gasteiger partial charge in [0.15, 0.2) is 0 Å². The number of carboxylic acid groups (broad SMARTS) is 1. The predicted molar refractivity (Wildman–Crippen MR) is 75.2 cm³/mol. The van der Waals surface area contributed by atoms with Gasteiger partial charge in [-0.05, 0) is 38.1 Å². The van der Waals surface area contributed by atoms with Gasteiger partial charge in [0.2, 0.25) is 0 Å². The van der Waals surface area contributed by atoms with Crippen LogP contribution in [0.2, 0.25) is 0 Å². The first-order chi connectivity index (χ1) is 9.47. The van der Waals surface area contributed by atoms with Crippen molar-refractivity contribution in [1.29, 1.82) is 0 Å². The van der Waals surface area contributed by atoms with Crippen LogP contribution < -0.4 is 0 Å². The second-order valence-electron chi connectivity index (χ2n) is 5.94. The zero-order valence-corrected chi connectivity index (χ0v) is 12.5. The van der Waals surface area contributed by atoms with Crippen LogP contribution >= 0.6 is 0 Å². The molecule has 1 aromatic rings. The average Bonchev–Trinajstić information content (AvgIpc) is 2.70. The van der Waals surface area contributed by atoms with Gasteiger partial charge in [-0.2, -0.15) is 0 Å². The second kappa shape index (κ2) is 6.35. The fourth-order valence-corrected chi connectivity index (χ4v) is 2.93. The smallest absolute Gasteiger partial charge is 0.303 e. The summed E-state index contributed by atoms with van der Waals surface area (Å²) in [6.07, 6.45) is 2.52. The van der Waals surface area contributed by atoms with Crippen molar-refractivity contribution in [1.82, 2.24) is 19.7 Å². The molecule has 1 aliphatic heterocycles. The summed E-state index contributed by atoms with van der Waals surface area (Å²) in [5.41, 5.74) is 0. The predicted octanol–water partition coefficient (Wildman–Crippen LogP) is 1.45. The quantitative estimate of drug-likeness (QED) is 0.884. The van der Waals surface area contributed by atoms with E-state index >= 15 is 0 Å². The summed E-state index contributed by atoms with van der Waals surface area (Å²) in [5, 5.41) is 17.2. The van der Waals surface area contributed by atoms with Gasteiger partial charge in [0, 0.05) is 20.0 Å². The number of carbonyl (C=O) groups is 1. The van der Waals surface area contributed by atoms with Gasteiger partial charge in [-0.15, -0.1) is 10.2 Å².